The molecule has 0 aromatic heterocycles. The Balaban J connectivity index is 2.23. The Labute approximate surface area is 169 Å². The number of rotatable bonds is 8. The van der Waals surface area contributed by atoms with E-state index in [2.05, 4.69) is 11.4 Å². The van der Waals surface area contributed by atoms with E-state index >= 15 is 0 Å². The van der Waals surface area contributed by atoms with Gasteiger partial charge in [-0.3, -0.25) is 9.59 Å². The molecule has 0 heterocycles. The van der Waals surface area contributed by atoms with Gasteiger partial charge >= 0.3 is 0 Å². The molecule has 0 spiro atoms. The van der Waals surface area contributed by atoms with Crippen LogP contribution in [0.4, 0.5) is 0 Å². The number of hydrogen-bond donors (Lipinski definition) is 1. The molecule has 28 heavy (non-hydrogen) atoms. The van der Waals surface area contributed by atoms with E-state index in [1.54, 1.807) is 11.8 Å². The predicted molar refractivity (Wildman–Crippen MR) is 114 cm³/mol. The average Bonchev–Trinajstić information content (AvgIpc) is 2.64. The molecule has 0 saturated carbocycles. The van der Waals surface area contributed by atoms with E-state index in [0.29, 0.717) is 19.5 Å². The summed E-state index contributed by atoms with van der Waals surface area (Å²) in [6.07, 6.45) is 1.16. The SMILES string of the molecule is CCCNC(=O)C(C)N(Cc1ccc(C)cc1)C(=O)Cc1cc(C)cc(C)c1. The molecule has 1 atom stereocenters. The van der Waals surface area contributed by atoms with Crippen LogP contribution in [-0.4, -0.2) is 29.3 Å². The molecule has 2 amide bonds. The van der Waals surface area contributed by atoms with Gasteiger partial charge < -0.3 is 10.2 Å². The first-order valence-corrected chi connectivity index (χ1v) is 10.00. The molecule has 0 aliphatic heterocycles. The molecule has 0 aliphatic carbocycles. The van der Waals surface area contributed by atoms with Crippen molar-refractivity contribution in [3.05, 3.63) is 70.3 Å². The van der Waals surface area contributed by atoms with Crippen LogP contribution in [0.3, 0.4) is 0 Å². The van der Waals surface area contributed by atoms with Crippen molar-refractivity contribution in [1.82, 2.24) is 10.2 Å². The van der Waals surface area contributed by atoms with Gasteiger partial charge in [0.05, 0.1) is 6.42 Å². The Morgan fingerprint density at radius 3 is 2.11 bits per heavy atom. The number of nitrogens with zero attached hydrogens (tertiary/aromatic N) is 1. The number of carbonyl (C=O) groups is 2. The smallest absolute Gasteiger partial charge is 0.242 e. The second-order valence-electron chi connectivity index (χ2n) is 7.65. The second kappa shape index (κ2) is 10.1. The molecule has 0 saturated heterocycles. The van der Waals surface area contributed by atoms with Crippen molar-refractivity contribution in [3.63, 3.8) is 0 Å². The maximum absolute atomic E-state index is 13.2. The van der Waals surface area contributed by atoms with Crippen LogP contribution in [0.1, 0.15) is 48.1 Å². The third kappa shape index (κ3) is 6.22. The van der Waals surface area contributed by atoms with Crippen LogP contribution >= 0.6 is 0 Å². The highest BCUT2D eigenvalue weighted by atomic mass is 16.2. The van der Waals surface area contributed by atoms with Gasteiger partial charge in [-0.25, -0.2) is 0 Å². The highest BCUT2D eigenvalue weighted by Crippen LogP contribution is 2.15. The average molecular weight is 381 g/mol. The lowest BCUT2D eigenvalue weighted by Crippen LogP contribution is -2.48. The van der Waals surface area contributed by atoms with E-state index in [-0.39, 0.29) is 11.8 Å². The third-order valence-electron chi connectivity index (χ3n) is 4.83. The highest BCUT2D eigenvalue weighted by molar-refractivity contribution is 5.88. The monoisotopic (exact) mass is 380 g/mol. The number of aryl methyl sites for hydroxylation is 3. The number of hydrogen-bond acceptors (Lipinski definition) is 2. The van der Waals surface area contributed by atoms with Crippen molar-refractivity contribution in [3.8, 4) is 0 Å². The first-order chi connectivity index (χ1) is 13.3. The standard InChI is InChI=1S/C24H32N2O2/c1-6-11-25-24(28)20(5)26(16-21-9-7-17(2)8-10-21)23(27)15-22-13-18(3)12-19(4)14-22/h7-10,12-14,20H,6,11,15-16H2,1-5H3,(H,25,28). The van der Waals surface area contributed by atoms with Gasteiger partial charge in [0.15, 0.2) is 0 Å². The van der Waals surface area contributed by atoms with Gasteiger partial charge in [-0.05, 0) is 45.2 Å². The van der Waals surface area contributed by atoms with Crippen LogP contribution in [-0.2, 0) is 22.6 Å². The number of amides is 2. The third-order valence-corrected chi connectivity index (χ3v) is 4.83. The normalized spacial score (nSPS) is 11.8. The van der Waals surface area contributed by atoms with Gasteiger partial charge in [0.1, 0.15) is 6.04 Å². The van der Waals surface area contributed by atoms with Gasteiger partial charge in [0.25, 0.3) is 0 Å². The van der Waals surface area contributed by atoms with Crippen molar-refractivity contribution >= 4 is 11.8 Å². The molecule has 150 valence electrons. The van der Waals surface area contributed by atoms with Gasteiger partial charge in [-0.1, -0.05) is 66.1 Å². The van der Waals surface area contributed by atoms with Crippen LogP contribution in [0.15, 0.2) is 42.5 Å². The summed E-state index contributed by atoms with van der Waals surface area (Å²) in [5, 5.41) is 2.91. The molecule has 2 rings (SSSR count). The lowest BCUT2D eigenvalue weighted by atomic mass is 10.0. The first kappa shape index (κ1) is 21.7. The summed E-state index contributed by atoms with van der Waals surface area (Å²) in [6.45, 7) is 11.0. The highest BCUT2D eigenvalue weighted by Gasteiger charge is 2.26. The van der Waals surface area contributed by atoms with Gasteiger partial charge in [-0.2, -0.15) is 0 Å². The van der Waals surface area contributed by atoms with Crippen molar-refractivity contribution in [1.29, 1.82) is 0 Å². The lowest BCUT2D eigenvalue weighted by molar-refractivity contribution is -0.140. The molecular weight excluding hydrogens is 348 g/mol. The largest absolute Gasteiger partial charge is 0.354 e. The fourth-order valence-corrected chi connectivity index (χ4v) is 3.32. The van der Waals surface area contributed by atoms with Crippen LogP contribution in [0.25, 0.3) is 0 Å². The van der Waals surface area contributed by atoms with Crippen molar-refractivity contribution in [2.75, 3.05) is 6.54 Å². The molecule has 1 N–H and O–H groups in total. The summed E-state index contributed by atoms with van der Waals surface area (Å²) in [6, 6.07) is 13.7. The first-order valence-electron chi connectivity index (χ1n) is 10.00. The van der Waals surface area contributed by atoms with E-state index in [4.69, 9.17) is 0 Å². The number of carbonyl (C=O) groups excluding carboxylic acids is 2. The minimum absolute atomic E-state index is 0.0373. The van der Waals surface area contributed by atoms with Crippen molar-refractivity contribution in [2.45, 2.75) is 60.0 Å². The molecule has 0 aliphatic rings. The molecule has 1 unspecified atom stereocenters. The van der Waals surface area contributed by atoms with E-state index in [1.165, 1.54) is 5.56 Å². The topological polar surface area (TPSA) is 49.4 Å². The zero-order chi connectivity index (χ0) is 20.7. The zero-order valence-electron chi connectivity index (χ0n) is 17.7. The van der Waals surface area contributed by atoms with Crippen LogP contribution in [0, 0.1) is 20.8 Å². The minimum Gasteiger partial charge on any atom is -0.354 e. The maximum atomic E-state index is 13.2. The Bertz CT molecular complexity index is 792. The Hall–Kier alpha value is -2.62. The molecule has 0 radical (unpaired) electrons. The van der Waals surface area contributed by atoms with Gasteiger partial charge in [0.2, 0.25) is 11.8 Å². The van der Waals surface area contributed by atoms with Crippen LogP contribution in [0.2, 0.25) is 0 Å². The summed E-state index contributed by atoms with van der Waals surface area (Å²) >= 11 is 0. The predicted octanol–water partition coefficient (Wildman–Crippen LogP) is 4.10. The molecule has 2 aromatic carbocycles. The molecule has 4 nitrogen and oxygen atoms in total. The van der Waals surface area contributed by atoms with E-state index in [1.807, 2.05) is 64.1 Å². The lowest BCUT2D eigenvalue weighted by Gasteiger charge is -2.29. The summed E-state index contributed by atoms with van der Waals surface area (Å²) in [4.78, 5) is 27.4. The summed E-state index contributed by atoms with van der Waals surface area (Å²) in [5.74, 6) is -0.146. The van der Waals surface area contributed by atoms with E-state index in [9.17, 15) is 9.59 Å². The van der Waals surface area contributed by atoms with Crippen LogP contribution < -0.4 is 5.32 Å². The quantitative estimate of drug-likeness (QED) is 0.750. The zero-order valence-corrected chi connectivity index (χ0v) is 17.7. The minimum atomic E-state index is -0.522. The molecular formula is C24H32N2O2. The fourth-order valence-electron chi connectivity index (χ4n) is 3.32. The molecule has 4 heteroatoms. The van der Waals surface area contributed by atoms with E-state index in [0.717, 1.165) is 28.7 Å². The summed E-state index contributed by atoms with van der Waals surface area (Å²) < 4.78 is 0. The maximum Gasteiger partial charge on any atom is 0.242 e. The fraction of sp³-hybridized carbons (Fsp3) is 0.417. The number of nitrogens with one attached hydrogen (secondary N) is 1. The van der Waals surface area contributed by atoms with Crippen LogP contribution in [0.5, 0.6) is 0 Å². The number of benzene rings is 2. The Morgan fingerprint density at radius 2 is 1.54 bits per heavy atom. The van der Waals surface area contributed by atoms with Crippen molar-refractivity contribution in [2.24, 2.45) is 0 Å². The molecule has 0 bridgehead atoms. The van der Waals surface area contributed by atoms with E-state index < -0.39 is 6.04 Å². The molecule has 0 fully saturated rings. The Morgan fingerprint density at radius 1 is 0.929 bits per heavy atom. The van der Waals surface area contributed by atoms with Gasteiger partial charge in [0, 0.05) is 13.1 Å². The van der Waals surface area contributed by atoms with Gasteiger partial charge in [-0.15, -0.1) is 0 Å². The Kier molecular flexibility index (Phi) is 7.80. The summed E-state index contributed by atoms with van der Waals surface area (Å²) in [5.41, 5.74) is 5.46. The second-order valence-corrected chi connectivity index (χ2v) is 7.65. The molecule has 2 aromatic rings. The van der Waals surface area contributed by atoms with Crippen molar-refractivity contribution < 1.29 is 9.59 Å². The summed E-state index contributed by atoms with van der Waals surface area (Å²) in [7, 11) is 0.